The fourth-order valence-electron chi connectivity index (χ4n) is 4.21. The fraction of sp³-hybridized carbons (Fsp3) is 0.462. The monoisotopic (exact) mass is 510 g/mol. The molecule has 5 nitrogen and oxygen atoms in total. The third-order valence-electron chi connectivity index (χ3n) is 6.20. The lowest BCUT2D eigenvalue weighted by molar-refractivity contribution is -0.138. The standard InChI is InChI=1S/C26H30ClF3N2O3/c1-3-32(4-2)12-5-13-35-24-11-7-18(16-22(24)27)20(15-17-6-8-19(33)14-17)23-10-9-21(25(34)31-23)26(28,29)30/h7,9-11,15-17H,3-6,8,12-14H2,1-2H3,(H,31,34)/b20-15-/t17-/m0/s1. The second-order valence-electron chi connectivity index (χ2n) is 8.61. The molecule has 0 unspecified atom stereocenters. The van der Waals surface area contributed by atoms with Gasteiger partial charge in [0.1, 0.15) is 17.1 Å². The van der Waals surface area contributed by atoms with Crippen molar-refractivity contribution in [2.45, 2.75) is 45.7 Å². The van der Waals surface area contributed by atoms with Gasteiger partial charge in [-0.2, -0.15) is 13.2 Å². The highest BCUT2D eigenvalue weighted by atomic mass is 35.5. The summed E-state index contributed by atoms with van der Waals surface area (Å²) < 4.78 is 45.1. The van der Waals surface area contributed by atoms with Crippen molar-refractivity contribution in [2.75, 3.05) is 26.2 Å². The molecule has 9 heteroatoms. The predicted octanol–water partition coefficient (Wildman–Crippen LogP) is 5.96. The van der Waals surface area contributed by atoms with Crippen LogP contribution in [0.2, 0.25) is 5.02 Å². The van der Waals surface area contributed by atoms with E-state index >= 15 is 0 Å². The quantitative estimate of drug-likeness (QED) is 0.401. The van der Waals surface area contributed by atoms with Gasteiger partial charge in [0.05, 0.1) is 11.6 Å². The SMILES string of the molecule is CCN(CC)CCCOc1ccc(/C(=C/[C@H]2CCC(=O)C2)c2ccc(C(F)(F)F)c(=O)[nH]2)cc1Cl. The van der Waals surface area contributed by atoms with Gasteiger partial charge in [-0.25, -0.2) is 0 Å². The zero-order valence-electron chi connectivity index (χ0n) is 19.9. The number of nitrogens with one attached hydrogen (secondary N) is 1. The Hall–Kier alpha value is -2.58. The number of halogens is 4. The first kappa shape index (κ1) is 27.0. The van der Waals surface area contributed by atoms with Crippen LogP contribution in [0.3, 0.4) is 0 Å². The Morgan fingerprint density at radius 1 is 1.20 bits per heavy atom. The summed E-state index contributed by atoms with van der Waals surface area (Å²) in [6.45, 7) is 7.57. The second-order valence-corrected chi connectivity index (χ2v) is 9.02. The van der Waals surface area contributed by atoms with Gasteiger partial charge in [-0.15, -0.1) is 0 Å². The second kappa shape index (κ2) is 11.9. The molecule has 1 aliphatic rings. The maximum atomic E-state index is 13.1. The summed E-state index contributed by atoms with van der Waals surface area (Å²) in [5.74, 6) is 0.572. The summed E-state index contributed by atoms with van der Waals surface area (Å²) >= 11 is 6.48. The number of hydrogen-bond acceptors (Lipinski definition) is 4. The highest BCUT2D eigenvalue weighted by molar-refractivity contribution is 6.32. The van der Waals surface area contributed by atoms with E-state index in [2.05, 4.69) is 23.7 Å². The third-order valence-corrected chi connectivity index (χ3v) is 6.50. The molecule has 1 fully saturated rings. The summed E-state index contributed by atoms with van der Waals surface area (Å²) in [4.78, 5) is 28.6. The van der Waals surface area contributed by atoms with Crippen LogP contribution >= 0.6 is 11.6 Å². The maximum absolute atomic E-state index is 13.1. The average molecular weight is 511 g/mol. The molecular formula is C26H30ClF3N2O3. The zero-order chi connectivity index (χ0) is 25.6. The van der Waals surface area contributed by atoms with Crippen molar-refractivity contribution in [2.24, 2.45) is 5.92 Å². The molecule has 35 heavy (non-hydrogen) atoms. The number of H-pyrrole nitrogens is 1. The topological polar surface area (TPSA) is 62.4 Å². The molecule has 1 saturated carbocycles. The van der Waals surface area contributed by atoms with E-state index in [1.54, 1.807) is 18.2 Å². The molecule has 1 aromatic carbocycles. The number of Topliss-reactive ketones (excluding diaryl/α,β-unsaturated/α-hetero) is 1. The minimum absolute atomic E-state index is 0.0712. The van der Waals surface area contributed by atoms with Gasteiger partial charge in [0, 0.05) is 30.7 Å². The number of aromatic nitrogens is 1. The lowest BCUT2D eigenvalue weighted by Crippen LogP contribution is -2.25. The Morgan fingerprint density at radius 2 is 1.94 bits per heavy atom. The first-order valence-electron chi connectivity index (χ1n) is 11.8. The van der Waals surface area contributed by atoms with Crippen LogP contribution in [0.5, 0.6) is 5.75 Å². The first-order valence-corrected chi connectivity index (χ1v) is 12.2. The van der Waals surface area contributed by atoms with Crippen molar-refractivity contribution >= 4 is 23.0 Å². The number of rotatable bonds is 10. The van der Waals surface area contributed by atoms with Gasteiger partial charge < -0.3 is 14.6 Å². The van der Waals surface area contributed by atoms with Crippen LogP contribution in [-0.4, -0.2) is 41.9 Å². The number of carbonyl (C=O) groups excluding carboxylic acids is 1. The molecule has 190 valence electrons. The highest BCUT2D eigenvalue weighted by Gasteiger charge is 2.34. The molecule has 1 atom stereocenters. The molecular weight excluding hydrogens is 481 g/mol. The minimum atomic E-state index is -4.75. The van der Waals surface area contributed by atoms with E-state index in [4.69, 9.17) is 16.3 Å². The van der Waals surface area contributed by atoms with Crippen molar-refractivity contribution < 1.29 is 22.7 Å². The van der Waals surface area contributed by atoms with E-state index in [-0.39, 0.29) is 17.4 Å². The van der Waals surface area contributed by atoms with Crippen molar-refractivity contribution in [3.8, 4) is 5.75 Å². The molecule has 1 aliphatic carbocycles. The van der Waals surface area contributed by atoms with E-state index in [0.717, 1.165) is 32.1 Å². The number of allylic oxidation sites excluding steroid dienone is 1. The van der Waals surface area contributed by atoms with Crippen LogP contribution in [0.25, 0.3) is 5.57 Å². The van der Waals surface area contributed by atoms with E-state index in [0.29, 0.717) is 47.8 Å². The predicted molar refractivity (Wildman–Crippen MR) is 131 cm³/mol. The lowest BCUT2D eigenvalue weighted by atomic mass is 9.95. The van der Waals surface area contributed by atoms with Gasteiger partial charge in [-0.1, -0.05) is 37.6 Å². The number of carbonyl (C=O) groups is 1. The summed E-state index contributed by atoms with van der Waals surface area (Å²) in [5.41, 5.74) is -1.12. The number of nitrogens with zero attached hydrogens (tertiary/aromatic N) is 1. The van der Waals surface area contributed by atoms with Crippen LogP contribution in [0.15, 0.2) is 41.2 Å². The molecule has 0 spiro atoms. The van der Waals surface area contributed by atoms with Gasteiger partial charge in [0.2, 0.25) is 0 Å². The zero-order valence-corrected chi connectivity index (χ0v) is 20.6. The summed E-state index contributed by atoms with van der Waals surface area (Å²) in [6, 6.07) is 7.14. The molecule has 2 aromatic rings. The smallest absolute Gasteiger partial charge is 0.421 e. The van der Waals surface area contributed by atoms with Gasteiger partial charge in [0.25, 0.3) is 5.56 Å². The van der Waals surface area contributed by atoms with Crippen LogP contribution in [-0.2, 0) is 11.0 Å². The summed E-state index contributed by atoms with van der Waals surface area (Å²) in [7, 11) is 0. The van der Waals surface area contributed by atoms with Crippen molar-refractivity contribution in [1.29, 1.82) is 0 Å². The molecule has 0 amide bonds. The molecule has 0 aliphatic heterocycles. The number of aromatic amines is 1. The van der Waals surface area contributed by atoms with Crippen LogP contribution < -0.4 is 10.3 Å². The summed E-state index contributed by atoms with van der Waals surface area (Å²) in [6.07, 6.45) is -0.613. The van der Waals surface area contributed by atoms with E-state index in [1.165, 1.54) is 6.07 Å². The molecule has 0 saturated heterocycles. The normalized spacial score (nSPS) is 16.8. The summed E-state index contributed by atoms with van der Waals surface area (Å²) in [5, 5.41) is 0.355. The van der Waals surface area contributed by atoms with Crippen LogP contribution in [0, 0.1) is 5.92 Å². The maximum Gasteiger partial charge on any atom is 0.421 e. The Bertz CT molecular complexity index is 1120. The Kier molecular flexibility index (Phi) is 9.19. The molecule has 1 heterocycles. The number of benzene rings is 1. The molecule has 0 radical (unpaired) electrons. The Balaban J connectivity index is 1.87. The number of ketones is 1. The molecule has 1 aromatic heterocycles. The Labute approximate surface area is 207 Å². The van der Waals surface area contributed by atoms with E-state index in [1.807, 2.05) is 6.08 Å². The number of ether oxygens (including phenoxy) is 1. The minimum Gasteiger partial charge on any atom is -0.492 e. The van der Waals surface area contributed by atoms with Gasteiger partial charge >= 0.3 is 6.18 Å². The van der Waals surface area contributed by atoms with Crippen LogP contribution in [0.4, 0.5) is 13.2 Å². The fourth-order valence-corrected chi connectivity index (χ4v) is 4.45. The lowest BCUT2D eigenvalue weighted by Gasteiger charge is -2.18. The average Bonchev–Trinajstić information content (AvgIpc) is 3.22. The van der Waals surface area contributed by atoms with Gasteiger partial charge in [0.15, 0.2) is 0 Å². The number of alkyl halides is 3. The largest absolute Gasteiger partial charge is 0.492 e. The van der Waals surface area contributed by atoms with Gasteiger partial charge in [-0.05, 0) is 61.7 Å². The molecule has 1 N–H and O–H groups in total. The first-order chi connectivity index (χ1) is 16.6. The third kappa shape index (κ3) is 7.21. The van der Waals surface area contributed by atoms with Crippen molar-refractivity contribution in [3.05, 3.63) is 68.6 Å². The van der Waals surface area contributed by atoms with Crippen LogP contribution in [0.1, 0.15) is 56.4 Å². The molecule has 3 rings (SSSR count). The Morgan fingerprint density at radius 3 is 2.51 bits per heavy atom. The van der Waals surface area contributed by atoms with Crippen molar-refractivity contribution in [1.82, 2.24) is 9.88 Å². The van der Waals surface area contributed by atoms with Crippen molar-refractivity contribution in [3.63, 3.8) is 0 Å². The number of pyridine rings is 1. The number of hydrogen-bond donors (Lipinski definition) is 1. The van der Waals surface area contributed by atoms with Gasteiger partial charge in [-0.3, -0.25) is 9.59 Å². The highest BCUT2D eigenvalue weighted by Crippen LogP contribution is 2.34. The van der Waals surface area contributed by atoms with E-state index < -0.39 is 17.3 Å². The van der Waals surface area contributed by atoms with E-state index in [9.17, 15) is 22.8 Å². The molecule has 0 bridgehead atoms.